The number of hydrogen-bond donors (Lipinski definition) is 0. The van der Waals surface area contributed by atoms with Gasteiger partial charge in [0.1, 0.15) is 0 Å². The maximum absolute atomic E-state index is 2.60. The van der Waals surface area contributed by atoms with E-state index in [4.69, 9.17) is 0 Å². The van der Waals surface area contributed by atoms with E-state index >= 15 is 0 Å². The van der Waals surface area contributed by atoms with E-state index in [1.54, 1.807) is 0 Å². The van der Waals surface area contributed by atoms with Crippen molar-refractivity contribution in [3.63, 3.8) is 0 Å². The van der Waals surface area contributed by atoms with E-state index in [1.807, 2.05) is 0 Å². The number of fused-ring (bicyclic) bond motifs is 15. The molecule has 1 atom stereocenters. The molecule has 0 fully saturated rings. The molecule has 2 aliphatic carbocycles. The van der Waals surface area contributed by atoms with Gasteiger partial charge in [-0.15, -0.1) is 0 Å². The number of benzene rings is 14. The van der Waals surface area contributed by atoms with Gasteiger partial charge < -0.3 is 4.57 Å². The van der Waals surface area contributed by atoms with E-state index in [0.717, 1.165) is 18.5 Å². The van der Waals surface area contributed by atoms with Gasteiger partial charge in [0.2, 0.25) is 0 Å². The van der Waals surface area contributed by atoms with Crippen molar-refractivity contribution < 1.29 is 0 Å². The summed E-state index contributed by atoms with van der Waals surface area (Å²) in [7, 11) is 0. The first kappa shape index (κ1) is 45.9. The fourth-order valence-electron chi connectivity index (χ4n) is 15.0. The summed E-state index contributed by atoms with van der Waals surface area (Å²) in [5, 5.41) is 16.7. The van der Waals surface area contributed by atoms with Crippen LogP contribution in [0.2, 0.25) is 0 Å². The zero-order chi connectivity index (χ0) is 53.2. The van der Waals surface area contributed by atoms with Crippen molar-refractivity contribution in [3.05, 3.63) is 324 Å². The third-order valence-electron chi connectivity index (χ3n) is 18.4. The van der Waals surface area contributed by atoms with E-state index in [1.165, 1.54) is 148 Å². The largest absolute Gasteiger partial charge is 0.310 e. The molecule has 15 aromatic rings. The zero-order valence-electron chi connectivity index (χ0n) is 44.7. The molecule has 0 saturated heterocycles. The number of hydrogen-bond acceptors (Lipinski definition) is 0. The third-order valence-corrected chi connectivity index (χ3v) is 18.4. The van der Waals surface area contributed by atoms with Crippen molar-refractivity contribution in [2.24, 2.45) is 0 Å². The number of allylic oxidation sites excluding steroid dienone is 1. The van der Waals surface area contributed by atoms with E-state index in [-0.39, 0.29) is 5.92 Å². The molecule has 0 N–H and O–H groups in total. The monoisotopic (exact) mass is 1030 g/mol. The lowest BCUT2D eigenvalue weighted by atomic mass is 9.67. The molecule has 0 saturated carbocycles. The summed E-state index contributed by atoms with van der Waals surface area (Å²) in [4.78, 5) is 0. The maximum atomic E-state index is 2.60. The molecule has 0 amide bonds. The summed E-state index contributed by atoms with van der Waals surface area (Å²) < 4.78 is 2.60. The van der Waals surface area contributed by atoms with E-state index in [9.17, 15) is 0 Å². The smallest absolute Gasteiger partial charge is 0.0714 e. The number of nitrogens with zero attached hydrogens (tertiary/aromatic N) is 1. The molecule has 0 spiro atoms. The maximum Gasteiger partial charge on any atom is 0.0714 e. The molecule has 0 aliphatic heterocycles. The molecule has 1 aromatic heterocycles. The highest BCUT2D eigenvalue weighted by Gasteiger charge is 2.47. The van der Waals surface area contributed by atoms with Crippen molar-refractivity contribution >= 4 is 81.6 Å². The minimum Gasteiger partial charge on any atom is -0.310 e. The Morgan fingerprint density at radius 2 is 0.802 bits per heavy atom. The highest BCUT2D eigenvalue weighted by molar-refractivity contribution is 6.16. The van der Waals surface area contributed by atoms with E-state index in [0.29, 0.717) is 0 Å². The summed E-state index contributed by atoms with van der Waals surface area (Å²) in [6, 6.07) is 105. The van der Waals surface area contributed by atoms with Crippen LogP contribution < -0.4 is 0 Å². The van der Waals surface area contributed by atoms with Crippen LogP contribution in [0.5, 0.6) is 0 Å². The van der Waals surface area contributed by atoms with Crippen LogP contribution in [-0.2, 0) is 11.8 Å². The SMILES string of the molecule is C1=Cc2c(c3cc(-c4cc5ccccc5c5ccccc45)ccc3n2-c2ccc3c(c2)C(c2ccccc2)(c2ccccc2)c2cc(-c4cc5ccccc5c5ccccc45)ccc2-3)C(Cc2cc3ccccc3c3ccccc23)C1. The second kappa shape index (κ2) is 18.0. The van der Waals surface area contributed by atoms with Crippen molar-refractivity contribution in [2.75, 3.05) is 0 Å². The van der Waals surface area contributed by atoms with Gasteiger partial charge in [-0.3, -0.25) is 0 Å². The van der Waals surface area contributed by atoms with Crippen LogP contribution >= 0.6 is 0 Å². The van der Waals surface area contributed by atoms with Crippen LogP contribution in [0.1, 0.15) is 51.4 Å². The lowest BCUT2D eigenvalue weighted by Gasteiger charge is -2.34. The minimum absolute atomic E-state index is 0.234. The summed E-state index contributed by atoms with van der Waals surface area (Å²) >= 11 is 0. The highest BCUT2D eigenvalue weighted by atomic mass is 15.0. The quantitative estimate of drug-likeness (QED) is 0.140. The molecule has 1 unspecified atom stereocenters. The Balaban J connectivity index is 0.911. The van der Waals surface area contributed by atoms with Gasteiger partial charge in [-0.05, 0) is 199 Å². The Hall–Kier alpha value is -10.1. The van der Waals surface area contributed by atoms with Crippen LogP contribution in [0.15, 0.2) is 285 Å². The molecular formula is C80H53N. The molecule has 1 heteroatoms. The van der Waals surface area contributed by atoms with Crippen LogP contribution in [0.25, 0.3) is 121 Å². The molecule has 14 aromatic carbocycles. The van der Waals surface area contributed by atoms with Gasteiger partial charge >= 0.3 is 0 Å². The van der Waals surface area contributed by atoms with Gasteiger partial charge in [-0.2, -0.15) is 0 Å². The van der Waals surface area contributed by atoms with Crippen molar-refractivity contribution in [1.82, 2.24) is 4.57 Å². The van der Waals surface area contributed by atoms with Crippen LogP contribution in [0, 0.1) is 0 Å². The van der Waals surface area contributed by atoms with Gasteiger partial charge in [0, 0.05) is 11.1 Å². The lowest BCUT2D eigenvalue weighted by Crippen LogP contribution is -2.28. The Morgan fingerprint density at radius 3 is 1.40 bits per heavy atom. The molecule has 0 bridgehead atoms. The molecule has 81 heavy (non-hydrogen) atoms. The lowest BCUT2D eigenvalue weighted by molar-refractivity contribution is 0.694. The van der Waals surface area contributed by atoms with Gasteiger partial charge in [-0.1, -0.05) is 243 Å². The Kier molecular flexibility index (Phi) is 10.2. The van der Waals surface area contributed by atoms with Gasteiger partial charge in [-0.25, -0.2) is 0 Å². The Morgan fingerprint density at radius 1 is 0.346 bits per heavy atom. The molecule has 378 valence electrons. The standard InChI is InChI=1S/C80H53N/c1-3-24-58(25-4-1)80(59-26-5-2-6-27-59)75-49-55(73-47-53-22-9-12-30-63(53)67-34-16-18-36-69(67)73)38-41-70(75)71-42-40-60(50-76(71)80)81-77-43-39-54(72-46-52-21-8-11-29-62(52)66-33-15-17-35-68(66)72)48-74(77)79-56(23-19-37-78(79)81)45-57-44-51-20-7-10-28-61(51)65-32-14-13-31-64(57)65/h1-22,24-44,46-50,56H,23,45H2. The van der Waals surface area contributed by atoms with Gasteiger partial charge in [0.05, 0.1) is 16.6 Å². The van der Waals surface area contributed by atoms with Crippen molar-refractivity contribution in [2.45, 2.75) is 24.2 Å². The van der Waals surface area contributed by atoms with Crippen LogP contribution in [-0.4, -0.2) is 4.57 Å². The first-order valence-corrected chi connectivity index (χ1v) is 28.6. The second-order valence-corrected chi connectivity index (χ2v) is 22.6. The van der Waals surface area contributed by atoms with Gasteiger partial charge in [0.15, 0.2) is 0 Å². The average Bonchev–Trinajstić information content (AvgIpc) is 4.24. The Bertz CT molecular complexity index is 5070. The zero-order valence-corrected chi connectivity index (χ0v) is 44.7. The van der Waals surface area contributed by atoms with Crippen LogP contribution in [0.3, 0.4) is 0 Å². The predicted octanol–water partition coefficient (Wildman–Crippen LogP) is 21.0. The van der Waals surface area contributed by atoms with Crippen molar-refractivity contribution in [3.8, 4) is 39.1 Å². The minimum atomic E-state index is -0.630. The topological polar surface area (TPSA) is 4.93 Å². The summed E-state index contributed by atoms with van der Waals surface area (Å²) in [6.45, 7) is 0. The molecule has 17 rings (SSSR count). The normalized spacial score (nSPS) is 14.3. The fourth-order valence-corrected chi connectivity index (χ4v) is 15.0. The van der Waals surface area contributed by atoms with Crippen LogP contribution in [0.4, 0.5) is 0 Å². The van der Waals surface area contributed by atoms with Gasteiger partial charge in [0.25, 0.3) is 0 Å². The summed E-state index contributed by atoms with van der Waals surface area (Å²) in [6.07, 6.45) is 6.75. The van der Waals surface area contributed by atoms with E-state index in [2.05, 4.69) is 296 Å². The Labute approximate surface area is 471 Å². The first-order valence-electron chi connectivity index (χ1n) is 28.6. The summed E-state index contributed by atoms with van der Waals surface area (Å²) in [5.74, 6) is 0.234. The fraction of sp³-hybridized carbons (Fsp3) is 0.0500. The molecule has 1 heterocycles. The molecule has 2 aliphatic rings. The van der Waals surface area contributed by atoms with E-state index < -0.39 is 5.41 Å². The third kappa shape index (κ3) is 6.85. The second-order valence-electron chi connectivity index (χ2n) is 22.6. The molecule has 1 nitrogen and oxygen atoms in total. The highest BCUT2D eigenvalue weighted by Crippen LogP contribution is 2.58. The number of rotatable bonds is 7. The first-order chi connectivity index (χ1) is 40.2. The van der Waals surface area contributed by atoms with Crippen molar-refractivity contribution in [1.29, 1.82) is 0 Å². The average molecular weight is 1030 g/mol. The predicted molar refractivity (Wildman–Crippen MR) is 343 cm³/mol. The molecule has 0 radical (unpaired) electrons. The molecular weight excluding hydrogens is 975 g/mol. The number of aromatic nitrogens is 1. The summed E-state index contributed by atoms with van der Waals surface area (Å²) in [5.41, 5.74) is 18.4.